The lowest BCUT2D eigenvalue weighted by molar-refractivity contribution is -0.148. The lowest BCUT2D eigenvalue weighted by atomic mass is 9.88. The number of nitrogens with zero attached hydrogens (tertiary/aromatic N) is 2. The number of rotatable bonds is 3. The van der Waals surface area contributed by atoms with Gasteiger partial charge in [0.25, 0.3) is 0 Å². The largest absolute Gasteiger partial charge is 0.465 e. The Balaban J connectivity index is 1.51. The summed E-state index contributed by atoms with van der Waals surface area (Å²) >= 11 is 0. The highest BCUT2D eigenvalue weighted by Gasteiger charge is 2.47. The molecule has 0 aliphatic carbocycles. The van der Waals surface area contributed by atoms with E-state index in [1.165, 1.54) is 5.56 Å². The standard InChI is InChI=1S/C23H31N3O5/c1-14-11-18(24-23(30)31)21(28)26-17(12-20(14)27)7-8-19(26)22(29)25-10-9-16(13-25)15-5-3-2-4-6-15/h2-6,14,16-20,24,27H,7-13H2,1H3,(H,30,31)/t14-,16?,17-,18+,19+,20-/m1/s1. The first kappa shape index (κ1) is 21.6. The topological polar surface area (TPSA) is 110 Å². The molecule has 8 nitrogen and oxygen atoms in total. The number of nitrogens with one attached hydrogen (secondary N) is 1. The molecule has 1 aromatic carbocycles. The maximum absolute atomic E-state index is 13.4. The fraction of sp³-hybridized carbons (Fsp3) is 0.609. The molecule has 0 spiro atoms. The minimum Gasteiger partial charge on any atom is -0.465 e. The predicted molar refractivity (Wildman–Crippen MR) is 113 cm³/mol. The van der Waals surface area contributed by atoms with E-state index >= 15 is 0 Å². The summed E-state index contributed by atoms with van der Waals surface area (Å²) in [7, 11) is 0. The van der Waals surface area contributed by atoms with Gasteiger partial charge in [-0.2, -0.15) is 0 Å². The smallest absolute Gasteiger partial charge is 0.405 e. The van der Waals surface area contributed by atoms with Gasteiger partial charge in [0, 0.05) is 25.0 Å². The second-order valence-electron chi connectivity index (χ2n) is 9.19. The molecule has 3 aliphatic heterocycles. The van der Waals surface area contributed by atoms with Gasteiger partial charge < -0.3 is 25.3 Å². The first-order valence-corrected chi connectivity index (χ1v) is 11.2. The summed E-state index contributed by atoms with van der Waals surface area (Å²) in [5, 5.41) is 22.1. The molecule has 6 atom stereocenters. The van der Waals surface area contributed by atoms with E-state index in [2.05, 4.69) is 17.4 Å². The number of carboxylic acid groups (broad SMARTS) is 1. The molecule has 168 valence electrons. The van der Waals surface area contributed by atoms with Crippen LogP contribution in [0.5, 0.6) is 0 Å². The summed E-state index contributed by atoms with van der Waals surface area (Å²) < 4.78 is 0. The van der Waals surface area contributed by atoms with Crippen LogP contribution in [-0.2, 0) is 9.59 Å². The van der Waals surface area contributed by atoms with Crippen LogP contribution in [0.25, 0.3) is 0 Å². The highest BCUT2D eigenvalue weighted by Crippen LogP contribution is 2.35. The summed E-state index contributed by atoms with van der Waals surface area (Å²) in [6.07, 6.45) is 0.800. The van der Waals surface area contributed by atoms with Crippen molar-refractivity contribution in [1.82, 2.24) is 15.1 Å². The summed E-state index contributed by atoms with van der Waals surface area (Å²) in [6, 6.07) is 8.35. The summed E-state index contributed by atoms with van der Waals surface area (Å²) in [5.74, 6) is -0.329. The van der Waals surface area contributed by atoms with E-state index in [4.69, 9.17) is 0 Å². The number of carbonyl (C=O) groups is 3. The molecule has 3 amide bonds. The van der Waals surface area contributed by atoms with Crippen LogP contribution in [0.4, 0.5) is 4.79 Å². The van der Waals surface area contributed by atoms with E-state index in [-0.39, 0.29) is 36.1 Å². The van der Waals surface area contributed by atoms with Crippen molar-refractivity contribution >= 4 is 17.9 Å². The van der Waals surface area contributed by atoms with Gasteiger partial charge in [0.05, 0.1) is 6.10 Å². The molecule has 1 unspecified atom stereocenters. The van der Waals surface area contributed by atoms with Crippen molar-refractivity contribution in [3.8, 4) is 0 Å². The number of aliphatic hydroxyl groups is 1. The Labute approximate surface area is 182 Å². The first-order valence-electron chi connectivity index (χ1n) is 11.2. The minimum atomic E-state index is -1.27. The van der Waals surface area contributed by atoms with Crippen molar-refractivity contribution in [3.63, 3.8) is 0 Å². The van der Waals surface area contributed by atoms with Crippen molar-refractivity contribution in [1.29, 1.82) is 0 Å². The number of hydrogen-bond acceptors (Lipinski definition) is 4. The number of amides is 3. The van der Waals surface area contributed by atoms with Gasteiger partial charge in [0.1, 0.15) is 12.1 Å². The minimum absolute atomic E-state index is 0.0635. The highest BCUT2D eigenvalue weighted by atomic mass is 16.4. The molecule has 3 heterocycles. The zero-order chi connectivity index (χ0) is 22.1. The monoisotopic (exact) mass is 429 g/mol. The highest BCUT2D eigenvalue weighted by molar-refractivity contribution is 5.92. The molecule has 0 saturated carbocycles. The van der Waals surface area contributed by atoms with Gasteiger partial charge in [0.2, 0.25) is 11.8 Å². The number of fused-ring (bicyclic) bond motifs is 1. The molecule has 31 heavy (non-hydrogen) atoms. The average Bonchev–Trinajstić information content (AvgIpc) is 3.39. The van der Waals surface area contributed by atoms with Crippen molar-refractivity contribution in [2.45, 2.75) is 69.2 Å². The molecule has 3 fully saturated rings. The molecule has 1 aromatic rings. The second-order valence-corrected chi connectivity index (χ2v) is 9.19. The molecule has 3 saturated heterocycles. The molecule has 0 aromatic heterocycles. The van der Waals surface area contributed by atoms with Crippen LogP contribution in [0.15, 0.2) is 30.3 Å². The maximum Gasteiger partial charge on any atom is 0.405 e. The van der Waals surface area contributed by atoms with Crippen LogP contribution in [0.1, 0.15) is 50.5 Å². The first-order chi connectivity index (χ1) is 14.8. The van der Waals surface area contributed by atoms with E-state index in [0.717, 1.165) is 6.42 Å². The van der Waals surface area contributed by atoms with Gasteiger partial charge in [-0.1, -0.05) is 37.3 Å². The van der Waals surface area contributed by atoms with Crippen LogP contribution in [0.2, 0.25) is 0 Å². The van der Waals surface area contributed by atoms with Gasteiger partial charge in [0.15, 0.2) is 0 Å². The molecule has 8 heteroatoms. The molecule has 4 rings (SSSR count). The maximum atomic E-state index is 13.4. The van der Waals surface area contributed by atoms with E-state index in [0.29, 0.717) is 32.4 Å². The summed E-state index contributed by atoms with van der Waals surface area (Å²) in [4.78, 5) is 41.4. The Bertz CT molecular complexity index is 832. The van der Waals surface area contributed by atoms with Gasteiger partial charge in [-0.05, 0) is 43.6 Å². The number of likely N-dealkylation sites (tertiary alicyclic amines) is 1. The zero-order valence-corrected chi connectivity index (χ0v) is 17.8. The van der Waals surface area contributed by atoms with Gasteiger partial charge >= 0.3 is 6.09 Å². The Morgan fingerprint density at radius 3 is 2.55 bits per heavy atom. The number of hydrogen-bond donors (Lipinski definition) is 3. The van der Waals surface area contributed by atoms with Crippen molar-refractivity contribution in [2.24, 2.45) is 5.92 Å². The quantitative estimate of drug-likeness (QED) is 0.679. The van der Waals surface area contributed by atoms with Crippen LogP contribution in [0.3, 0.4) is 0 Å². The van der Waals surface area contributed by atoms with Crippen molar-refractivity contribution < 1.29 is 24.6 Å². The van der Waals surface area contributed by atoms with Gasteiger partial charge in [-0.3, -0.25) is 9.59 Å². The third-order valence-corrected chi connectivity index (χ3v) is 7.19. The molecular weight excluding hydrogens is 398 g/mol. The Morgan fingerprint density at radius 1 is 1.10 bits per heavy atom. The Morgan fingerprint density at radius 2 is 1.84 bits per heavy atom. The Kier molecular flexibility index (Phi) is 6.18. The van der Waals surface area contributed by atoms with E-state index in [9.17, 15) is 24.6 Å². The van der Waals surface area contributed by atoms with E-state index in [1.807, 2.05) is 30.0 Å². The fourth-order valence-corrected chi connectivity index (χ4v) is 5.45. The normalized spacial score (nSPS) is 33.5. The van der Waals surface area contributed by atoms with Crippen molar-refractivity contribution in [3.05, 3.63) is 35.9 Å². The summed E-state index contributed by atoms with van der Waals surface area (Å²) in [5.41, 5.74) is 1.22. The predicted octanol–water partition coefficient (Wildman–Crippen LogP) is 1.79. The van der Waals surface area contributed by atoms with Crippen LogP contribution >= 0.6 is 0 Å². The lowest BCUT2D eigenvalue weighted by Crippen LogP contribution is -2.58. The van der Waals surface area contributed by atoms with Crippen LogP contribution in [-0.4, -0.2) is 75.2 Å². The zero-order valence-electron chi connectivity index (χ0n) is 17.8. The van der Waals surface area contributed by atoms with E-state index in [1.54, 1.807) is 4.90 Å². The van der Waals surface area contributed by atoms with Crippen LogP contribution in [0, 0.1) is 5.92 Å². The lowest BCUT2D eigenvalue weighted by Gasteiger charge is -2.39. The van der Waals surface area contributed by atoms with Crippen molar-refractivity contribution in [2.75, 3.05) is 13.1 Å². The van der Waals surface area contributed by atoms with E-state index < -0.39 is 24.3 Å². The number of benzene rings is 1. The molecule has 0 radical (unpaired) electrons. The third-order valence-electron chi connectivity index (χ3n) is 7.19. The van der Waals surface area contributed by atoms with Gasteiger partial charge in [-0.15, -0.1) is 0 Å². The average molecular weight is 430 g/mol. The van der Waals surface area contributed by atoms with Crippen LogP contribution < -0.4 is 5.32 Å². The second kappa shape index (κ2) is 8.86. The fourth-order valence-electron chi connectivity index (χ4n) is 5.45. The number of carbonyl (C=O) groups excluding carboxylic acids is 2. The summed E-state index contributed by atoms with van der Waals surface area (Å²) in [6.45, 7) is 3.11. The number of aliphatic hydroxyl groups excluding tert-OH is 1. The SMILES string of the molecule is C[C@@H]1C[C@H](NC(=O)O)C(=O)N2[C@H](CC[C@H]2C(=O)N2CCC(c3ccccc3)C2)C[C@H]1O. The molecule has 0 bridgehead atoms. The molecular formula is C23H31N3O5. The Hall–Kier alpha value is -2.61. The molecule has 3 N–H and O–H groups in total. The molecule has 3 aliphatic rings. The third kappa shape index (κ3) is 4.39. The van der Waals surface area contributed by atoms with Gasteiger partial charge in [-0.25, -0.2) is 4.79 Å².